The van der Waals surface area contributed by atoms with Crippen molar-refractivity contribution >= 4 is 23.2 Å². The van der Waals surface area contributed by atoms with Crippen LogP contribution in [0, 0.1) is 5.92 Å². The Morgan fingerprint density at radius 1 is 1.08 bits per heavy atom. The molecule has 2 aromatic rings. The van der Waals surface area contributed by atoms with Gasteiger partial charge < -0.3 is 9.80 Å². The Bertz CT molecular complexity index is 821. The van der Waals surface area contributed by atoms with Gasteiger partial charge >= 0.3 is 6.18 Å². The van der Waals surface area contributed by atoms with Gasteiger partial charge in [-0.1, -0.05) is 30.3 Å². The SMILES string of the molecule is CN(C(=O)C1CC(=O)N(c2ccccc2C(F)(F)F)C1)c1ccccc1. The van der Waals surface area contributed by atoms with E-state index in [2.05, 4.69) is 0 Å². The fraction of sp³-hybridized carbons (Fsp3) is 0.263. The second-order valence-electron chi connectivity index (χ2n) is 6.15. The minimum atomic E-state index is -4.57. The van der Waals surface area contributed by atoms with E-state index < -0.39 is 23.6 Å². The van der Waals surface area contributed by atoms with Crippen LogP contribution >= 0.6 is 0 Å². The summed E-state index contributed by atoms with van der Waals surface area (Å²) in [5, 5.41) is 0. The van der Waals surface area contributed by atoms with E-state index in [1.807, 2.05) is 6.07 Å². The van der Waals surface area contributed by atoms with Gasteiger partial charge in [0.05, 0.1) is 17.2 Å². The fourth-order valence-corrected chi connectivity index (χ4v) is 3.11. The maximum absolute atomic E-state index is 13.2. The monoisotopic (exact) mass is 362 g/mol. The zero-order valence-corrected chi connectivity index (χ0v) is 14.0. The number of halogens is 3. The van der Waals surface area contributed by atoms with Crippen LogP contribution in [0.2, 0.25) is 0 Å². The maximum Gasteiger partial charge on any atom is 0.418 e. The van der Waals surface area contributed by atoms with Crippen molar-refractivity contribution in [3.05, 3.63) is 60.2 Å². The van der Waals surface area contributed by atoms with Gasteiger partial charge in [-0.2, -0.15) is 13.2 Å². The normalized spacial score (nSPS) is 17.5. The topological polar surface area (TPSA) is 40.6 Å². The quantitative estimate of drug-likeness (QED) is 0.835. The first-order valence-corrected chi connectivity index (χ1v) is 8.08. The highest BCUT2D eigenvalue weighted by molar-refractivity contribution is 6.04. The van der Waals surface area contributed by atoms with Crippen molar-refractivity contribution in [1.82, 2.24) is 0 Å². The second kappa shape index (κ2) is 6.82. The van der Waals surface area contributed by atoms with E-state index in [1.54, 1.807) is 31.3 Å². The molecular formula is C19H17F3N2O2. The fourth-order valence-electron chi connectivity index (χ4n) is 3.11. The van der Waals surface area contributed by atoms with Crippen molar-refractivity contribution in [1.29, 1.82) is 0 Å². The first kappa shape index (κ1) is 18.0. The molecule has 1 atom stereocenters. The zero-order valence-electron chi connectivity index (χ0n) is 14.0. The van der Waals surface area contributed by atoms with E-state index >= 15 is 0 Å². The van der Waals surface area contributed by atoms with Crippen molar-refractivity contribution in [2.75, 3.05) is 23.4 Å². The molecule has 26 heavy (non-hydrogen) atoms. The number of alkyl halides is 3. The average Bonchev–Trinajstić information content (AvgIpc) is 3.02. The van der Waals surface area contributed by atoms with Gasteiger partial charge in [-0.3, -0.25) is 9.59 Å². The molecular weight excluding hydrogens is 345 g/mol. The van der Waals surface area contributed by atoms with E-state index in [0.29, 0.717) is 5.69 Å². The van der Waals surface area contributed by atoms with Crippen molar-refractivity contribution in [3.63, 3.8) is 0 Å². The summed E-state index contributed by atoms with van der Waals surface area (Å²) in [5.41, 5.74) is -0.417. The lowest BCUT2D eigenvalue weighted by atomic mass is 10.1. The standard InChI is InChI=1S/C19H17F3N2O2/c1-23(14-7-3-2-4-8-14)18(26)13-11-17(25)24(12-13)16-10-6-5-9-15(16)19(20,21)22/h2-10,13H,11-12H2,1H3. The van der Waals surface area contributed by atoms with Crippen LogP contribution in [-0.2, 0) is 15.8 Å². The number of rotatable bonds is 3. The number of carbonyl (C=O) groups is 2. The highest BCUT2D eigenvalue weighted by Crippen LogP contribution is 2.38. The number of carbonyl (C=O) groups excluding carboxylic acids is 2. The molecule has 0 aliphatic carbocycles. The largest absolute Gasteiger partial charge is 0.418 e. The summed E-state index contributed by atoms with van der Waals surface area (Å²) in [6, 6.07) is 13.8. The predicted octanol–water partition coefficient (Wildman–Crippen LogP) is 3.72. The molecule has 1 unspecified atom stereocenters. The molecule has 1 aliphatic heterocycles. The molecule has 136 valence electrons. The summed E-state index contributed by atoms with van der Waals surface area (Å²) in [5.74, 6) is -1.47. The van der Waals surface area contributed by atoms with Gasteiger partial charge in [-0.25, -0.2) is 0 Å². The molecule has 1 aliphatic rings. The lowest BCUT2D eigenvalue weighted by Gasteiger charge is -2.23. The van der Waals surface area contributed by atoms with Crippen LogP contribution in [0.15, 0.2) is 54.6 Å². The summed E-state index contributed by atoms with van der Waals surface area (Å²) < 4.78 is 39.7. The molecule has 2 aromatic carbocycles. The first-order chi connectivity index (χ1) is 12.3. The average molecular weight is 362 g/mol. The molecule has 1 fully saturated rings. The van der Waals surface area contributed by atoms with Crippen LogP contribution in [0.4, 0.5) is 24.5 Å². The first-order valence-electron chi connectivity index (χ1n) is 8.08. The van der Waals surface area contributed by atoms with Crippen LogP contribution in [0.1, 0.15) is 12.0 Å². The lowest BCUT2D eigenvalue weighted by molar-refractivity contribution is -0.137. The Morgan fingerprint density at radius 3 is 2.35 bits per heavy atom. The van der Waals surface area contributed by atoms with Crippen molar-refractivity contribution in [2.45, 2.75) is 12.6 Å². The second-order valence-corrected chi connectivity index (χ2v) is 6.15. The number of nitrogens with zero attached hydrogens (tertiary/aromatic N) is 2. The van der Waals surface area contributed by atoms with E-state index in [9.17, 15) is 22.8 Å². The van der Waals surface area contributed by atoms with E-state index in [-0.39, 0.29) is 24.6 Å². The minimum Gasteiger partial charge on any atom is -0.315 e. The molecule has 0 spiro atoms. The highest BCUT2D eigenvalue weighted by atomic mass is 19.4. The molecule has 7 heteroatoms. The molecule has 1 saturated heterocycles. The molecule has 0 N–H and O–H groups in total. The Kier molecular flexibility index (Phi) is 4.71. The van der Waals surface area contributed by atoms with Crippen LogP contribution < -0.4 is 9.80 Å². The number of para-hydroxylation sites is 2. The Morgan fingerprint density at radius 2 is 1.69 bits per heavy atom. The smallest absolute Gasteiger partial charge is 0.315 e. The molecule has 1 heterocycles. The third-order valence-electron chi connectivity index (χ3n) is 4.45. The third-order valence-corrected chi connectivity index (χ3v) is 4.45. The third kappa shape index (κ3) is 3.42. The van der Waals surface area contributed by atoms with Crippen LogP contribution in [0.25, 0.3) is 0 Å². The molecule has 0 aromatic heterocycles. The van der Waals surface area contributed by atoms with Crippen LogP contribution in [0.3, 0.4) is 0 Å². The van der Waals surface area contributed by atoms with E-state index in [1.165, 1.54) is 23.1 Å². The molecule has 0 saturated carbocycles. The summed E-state index contributed by atoms with van der Waals surface area (Å²) in [7, 11) is 1.59. The van der Waals surface area contributed by atoms with Gasteiger partial charge in [0.25, 0.3) is 0 Å². The lowest BCUT2D eigenvalue weighted by Crippen LogP contribution is -2.35. The molecule has 0 radical (unpaired) electrons. The Labute approximate surface area is 148 Å². The minimum absolute atomic E-state index is 0.0675. The molecule has 4 nitrogen and oxygen atoms in total. The number of hydrogen-bond acceptors (Lipinski definition) is 2. The Hall–Kier alpha value is -2.83. The van der Waals surface area contributed by atoms with Gasteiger partial charge in [-0.15, -0.1) is 0 Å². The summed E-state index contributed by atoms with van der Waals surface area (Å²) in [6.07, 6.45) is -4.68. The molecule has 3 rings (SSSR count). The molecule has 0 bridgehead atoms. The summed E-state index contributed by atoms with van der Waals surface area (Å²) in [6.45, 7) is -0.0675. The number of benzene rings is 2. The van der Waals surface area contributed by atoms with Crippen molar-refractivity contribution < 1.29 is 22.8 Å². The highest BCUT2D eigenvalue weighted by Gasteiger charge is 2.41. The Balaban J connectivity index is 1.83. The van der Waals surface area contributed by atoms with Gasteiger partial charge in [-0.05, 0) is 24.3 Å². The summed E-state index contributed by atoms with van der Waals surface area (Å²) >= 11 is 0. The van der Waals surface area contributed by atoms with Gasteiger partial charge in [0, 0.05) is 25.7 Å². The van der Waals surface area contributed by atoms with Gasteiger partial charge in [0.2, 0.25) is 11.8 Å². The van der Waals surface area contributed by atoms with E-state index in [0.717, 1.165) is 11.0 Å². The van der Waals surface area contributed by atoms with Crippen molar-refractivity contribution in [3.8, 4) is 0 Å². The number of anilines is 2. The van der Waals surface area contributed by atoms with E-state index in [4.69, 9.17) is 0 Å². The number of hydrogen-bond donors (Lipinski definition) is 0. The van der Waals surface area contributed by atoms with Crippen LogP contribution in [-0.4, -0.2) is 25.4 Å². The van der Waals surface area contributed by atoms with Gasteiger partial charge in [0.1, 0.15) is 0 Å². The predicted molar refractivity (Wildman–Crippen MR) is 91.8 cm³/mol. The zero-order chi connectivity index (χ0) is 18.9. The van der Waals surface area contributed by atoms with Crippen LogP contribution in [0.5, 0.6) is 0 Å². The van der Waals surface area contributed by atoms with Gasteiger partial charge in [0.15, 0.2) is 0 Å². The molecule has 2 amide bonds. The van der Waals surface area contributed by atoms with Crippen molar-refractivity contribution in [2.24, 2.45) is 5.92 Å². The number of amides is 2. The maximum atomic E-state index is 13.2. The summed E-state index contributed by atoms with van der Waals surface area (Å²) in [4.78, 5) is 27.5.